The van der Waals surface area contributed by atoms with Crippen LogP contribution in [-0.2, 0) is 17.6 Å². The fourth-order valence-electron chi connectivity index (χ4n) is 3.41. The standard InChI is InChI=1S/C21H25N7O2/c1-28-13-16(12-26-28)14-4-5-17(18(10-14)30-3)21(22)25-11-15-6-7-23-20(19(15)27-21)24-8-9-29-2/h4-7,10-13,27H,8-9,22H2,1-3H3,(H,23,24). The highest BCUT2D eigenvalue weighted by Crippen LogP contribution is 2.38. The fourth-order valence-corrected chi connectivity index (χ4v) is 3.41. The minimum absolute atomic E-state index is 0.566. The van der Waals surface area contributed by atoms with Crippen molar-refractivity contribution in [1.82, 2.24) is 14.8 Å². The molecule has 0 saturated carbocycles. The molecule has 1 aliphatic rings. The topological polar surface area (TPSA) is 112 Å². The van der Waals surface area contributed by atoms with Crippen molar-refractivity contribution in [2.75, 3.05) is 38.0 Å². The van der Waals surface area contributed by atoms with E-state index in [0.29, 0.717) is 30.3 Å². The molecule has 3 heterocycles. The lowest BCUT2D eigenvalue weighted by atomic mass is 10.00. The average molecular weight is 407 g/mol. The summed E-state index contributed by atoms with van der Waals surface area (Å²) in [5, 5.41) is 10.8. The number of nitrogens with zero attached hydrogens (tertiary/aromatic N) is 4. The van der Waals surface area contributed by atoms with Gasteiger partial charge in [-0.15, -0.1) is 0 Å². The van der Waals surface area contributed by atoms with Gasteiger partial charge in [-0.05, 0) is 23.8 Å². The van der Waals surface area contributed by atoms with E-state index in [1.165, 1.54) is 0 Å². The predicted octanol–water partition coefficient (Wildman–Crippen LogP) is 2.16. The van der Waals surface area contributed by atoms with Gasteiger partial charge >= 0.3 is 0 Å². The third kappa shape index (κ3) is 3.72. The number of hydrogen-bond donors (Lipinski definition) is 3. The molecule has 9 heteroatoms. The van der Waals surface area contributed by atoms with E-state index in [1.807, 2.05) is 43.7 Å². The molecule has 1 aromatic carbocycles. The second kappa shape index (κ2) is 8.13. The first-order valence-electron chi connectivity index (χ1n) is 9.55. The number of hydrogen-bond acceptors (Lipinski definition) is 8. The number of benzene rings is 1. The van der Waals surface area contributed by atoms with E-state index >= 15 is 0 Å². The molecule has 0 spiro atoms. The van der Waals surface area contributed by atoms with E-state index in [1.54, 1.807) is 31.3 Å². The number of nitrogens with two attached hydrogens (primary N) is 1. The Morgan fingerprint density at radius 2 is 2.10 bits per heavy atom. The first-order chi connectivity index (χ1) is 14.5. The van der Waals surface area contributed by atoms with Gasteiger partial charge in [0.25, 0.3) is 0 Å². The molecule has 0 fully saturated rings. The van der Waals surface area contributed by atoms with E-state index in [2.05, 4.69) is 25.7 Å². The van der Waals surface area contributed by atoms with Crippen molar-refractivity contribution in [3.05, 3.63) is 54.0 Å². The van der Waals surface area contributed by atoms with Crippen molar-refractivity contribution in [2.45, 2.75) is 5.79 Å². The number of ether oxygens (including phenoxy) is 2. The van der Waals surface area contributed by atoms with Crippen molar-refractivity contribution in [3.63, 3.8) is 0 Å². The zero-order chi connectivity index (χ0) is 21.1. The highest BCUT2D eigenvalue weighted by atomic mass is 16.5. The quantitative estimate of drug-likeness (QED) is 0.515. The summed E-state index contributed by atoms with van der Waals surface area (Å²) < 4.78 is 12.5. The van der Waals surface area contributed by atoms with E-state index < -0.39 is 5.79 Å². The van der Waals surface area contributed by atoms with E-state index in [-0.39, 0.29) is 0 Å². The Hall–Kier alpha value is -3.43. The molecule has 1 unspecified atom stereocenters. The molecule has 30 heavy (non-hydrogen) atoms. The van der Waals surface area contributed by atoms with Gasteiger partial charge in [0.1, 0.15) is 11.6 Å². The normalized spacial score (nSPS) is 17.3. The first-order valence-corrected chi connectivity index (χ1v) is 9.55. The Kier molecular flexibility index (Phi) is 5.39. The lowest BCUT2D eigenvalue weighted by molar-refractivity contribution is 0.210. The summed E-state index contributed by atoms with van der Waals surface area (Å²) in [6.07, 6.45) is 7.24. The van der Waals surface area contributed by atoms with Gasteiger partial charge in [-0.3, -0.25) is 10.4 Å². The van der Waals surface area contributed by atoms with E-state index in [4.69, 9.17) is 15.2 Å². The molecule has 0 aliphatic carbocycles. The predicted molar refractivity (Wildman–Crippen MR) is 117 cm³/mol. The maximum absolute atomic E-state index is 6.70. The molecule has 1 aliphatic heterocycles. The van der Waals surface area contributed by atoms with Crippen LogP contribution in [0.15, 0.2) is 47.8 Å². The third-order valence-electron chi connectivity index (χ3n) is 4.96. The van der Waals surface area contributed by atoms with Crippen LogP contribution in [0.25, 0.3) is 11.1 Å². The zero-order valence-corrected chi connectivity index (χ0v) is 17.2. The molecule has 0 radical (unpaired) electrons. The summed E-state index contributed by atoms with van der Waals surface area (Å²) in [4.78, 5) is 9.03. The van der Waals surface area contributed by atoms with Gasteiger partial charge in [0.15, 0.2) is 0 Å². The second-order valence-electron chi connectivity index (χ2n) is 7.01. The van der Waals surface area contributed by atoms with Crippen LogP contribution in [0.2, 0.25) is 0 Å². The molecule has 156 valence electrons. The number of aromatic nitrogens is 3. The monoisotopic (exact) mass is 407 g/mol. The molecule has 9 nitrogen and oxygen atoms in total. The van der Waals surface area contributed by atoms with Crippen molar-refractivity contribution < 1.29 is 9.47 Å². The fraction of sp³-hybridized carbons (Fsp3) is 0.286. The summed E-state index contributed by atoms with van der Waals surface area (Å²) in [6.45, 7) is 1.19. The lowest BCUT2D eigenvalue weighted by Gasteiger charge is -2.33. The van der Waals surface area contributed by atoms with Gasteiger partial charge in [-0.2, -0.15) is 5.10 Å². The second-order valence-corrected chi connectivity index (χ2v) is 7.01. The number of anilines is 2. The number of methoxy groups -OCH3 is 2. The number of pyridine rings is 1. The molecule has 4 N–H and O–H groups in total. The molecule has 2 aromatic heterocycles. The Bertz CT molecular complexity index is 1080. The molecule has 0 saturated heterocycles. The largest absolute Gasteiger partial charge is 0.496 e. The summed E-state index contributed by atoms with van der Waals surface area (Å²) in [5.41, 5.74) is 11.1. The molecule has 0 amide bonds. The number of aliphatic imine (C=N–C) groups is 1. The van der Waals surface area contributed by atoms with Gasteiger partial charge < -0.3 is 20.1 Å². The van der Waals surface area contributed by atoms with Gasteiger partial charge in [-0.1, -0.05) is 6.07 Å². The minimum atomic E-state index is -1.20. The average Bonchev–Trinajstić information content (AvgIpc) is 3.20. The highest BCUT2D eigenvalue weighted by Gasteiger charge is 2.34. The van der Waals surface area contributed by atoms with Crippen LogP contribution in [0.4, 0.5) is 11.5 Å². The van der Waals surface area contributed by atoms with Crippen LogP contribution in [-0.4, -0.2) is 48.4 Å². The van der Waals surface area contributed by atoms with Crippen LogP contribution in [0.5, 0.6) is 5.75 Å². The first kappa shape index (κ1) is 19.9. The maximum atomic E-state index is 6.70. The third-order valence-corrected chi connectivity index (χ3v) is 4.96. The lowest BCUT2D eigenvalue weighted by Crippen LogP contribution is -2.45. The Labute approximate surface area is 174 Å². The van der Waals surface area contributed by atoms with Gasteiger partial charge in [0.2, 0.25) is 5.79 Å². The Morgan fingerprint density at radius 1 is 1.23 bits per heavy atom. The Morgan fingerprint density at radius 3 is 2.83 bits per heavy atom. The van der Waals surface area contributed by atoms with Gasteiger partial charge in [-0.25, -0.2) is 9.98 Å². The molecular weight excluding hydrogens is 382 g/mol. The van der Waals surface area contributed by atoms with Gasteiger partial charge in [0.05, 0.1) is 31.2 Å². The SMILES string of the molecule is COCCNc1nccc2c1NC(N)(c1ccc(-c3cnn(C)c3)cc1OC)N=C2. The minimum Gasteiger partial charge on any atom is -0.496 e. The molecule has 3 aromatic rings. The molecule has 1 atom stereocenters. The molecule has 0 bridgehead atoms. The van der Waals surface area contributed by atoms with Crippen LogP contribution in [0.1, 0.15) is 11.1 Å². The van der Waals surface area contributed by atoms with E-state index in [9.17, 15) is 0 Å². The van der Waals surface area contributed by atoms with Gasteiger partial charge in [0, 0.05) is 50.4 Å². The van der Waals surface area contributed by atoms with Crippen molar-refractivity contribution in [1.29, 1.82) is 0 Å². The van der Waals surface area contributed by atoms with Crippen molar-refractivity contribution in [2.24, 2.45) is 17.8 Å². The number of aryl methyl sites for hydroxylation is 1. The summed E-state index contributed by atoms with van der Waals surface area (Å²) >= 11 is 0. The van der Waals surface area contributed by atoms with Crippen molar-refractivity contribution in [3.8, 4) is 16.9 Å². The summed E-state index contributed by atoms with van der Waals surface area (Å²) in [5.74, 6) is 0.119. The number of fused-ring (bicyclic) bond motifs is 1. The molecular formula is C21H25N7O2. The van der Waals surface area contributed by atoms with Crippen LogP contribution in [0.3, 0.4) is 0 Å². The van der Waals surface area contributed by atoms with Crippen LogP contribution in [0, 0.1) is 0 Å². The van der Waals surface area contributed by atoms with Crippen molar-refractivity contribution >= 4 is 17.7 Å². The maximum Gasteiger partial charge on any atom is 0.212 e. The zero-order valence-electron chi connectivity index (χ0n) is 17.2. The van der Waals surface area contributed by atoms with Crippen LogP contribution < -0.4 is 21.1 Å². The summed E-state index contributed by atoms with van der Waals surface area (Å²) in [6, 6.07) is 7.73. The Balaban J connectivity index is 1.68. The molecule has 4 rings (SSSR count). The smallest absolute Gasteiger partial charge is 0.212 e. The summed E-state index contributed by atoms with van der Waals surface area (Å²) in [7, 11) is 5.16. The number of nitrogens with one attached hydrogen (secondary N) is 2. The number of rotatable bonds is 7. The van der Waals surface area contributed by atoms with E-state index in [0.717, 1.165) is 22.4 Å². The van der Waals surface area contributed by atoms with Crippen LogP contribution >= 0.6 is 0 Å². The highest BCUT2D eigenvalue weighted by molar-refractivity contribution is 5.94.